The quantitative estimate of drug-likeness (QED) is 0.174. The zero-order chi connectivity index (χ0) is 29.1. The van der Waals surface area contributed by atoms with E-state index in [1.165, 1.54) is 28.0 Å². The number of nitrogens with zero attached hydrogens (tertiary/aromatic N) is 5. The van der Waals surface area contributed by atoms with Crippen molar-refractivity contribution in [3.05, 3.63) is 122 Å². The number of hydrogen-bond donors (Lipinski definition) is 0. The Hall–Kier alpha value is -4.60. The number of halogens is 2. The number of thiazole rings is 1. The summed E-state index contributed by atoms with van der Waals surface area (Å²) in [5.41, 5.74) is 3.61. The summed E-state index contributed by atoms with van der Waals surface area (Å²) in [7, 11) is 0. The second-order valence-electron chi connectivity index (χ2n) is 9.53. The lowest BCUT2D eigenvalue weighted by atomic mass is 10.1. The maximum Gasteiger partial charge on any atom is 0.291 e. The second-order valence-corrected chi connectivity index (χ2v) is 10.9. The molecule has 0 unspecified atom stereocenters. The van der Waals surface area contributed by atoms with Crippen molar-refractivity contribution in [2.75, 3.05) is 6.61 Å². The molecule has 3 heterocycles. The predicted octanol–water partition coefficient (Wildman–Crippen LogP) is 6.69. The van der Waals surface area contributed by atoms with Crippen LogP contribution in [-0.4, -0.2) is 31.0 Å². The topological polar surface area (TPSA) is 74.3 Å². The molecule has 0 amide bonds. The lowest BCUT2D eigenvalue weighted by Gasteiger charge is -2.09. The van der Waals surface area contributed by atoms with Gasteiger partial charge in [-0.05, 0) is 66.6 Å². The zero-order valence-corrected chi connectivity index (χ0v) is 24.1. The van der Waals surface area contributed by atoms with Crippen molar-refractivity contribution in [1.29, 1.82) is 0 Å². The molecule has 42 heavy (non-hydrogen) atoms. The highest BCUT2D eigenvalue weighted by Gasteiger charge is 2.15. The molecule has 0 N–H and O–H groups in total. The van der Waals surface area contributed by atoms with Crippen molar-refractivity contribution in [1.82, 2.24) is 24.4 Å². The summed E-state index contributed by atoms with van der Waals surface area (Å²) in [4.78, 5) is 18.3. The predicted molar refractivity (Wildman–Crippen MR) is 166 cm³/mol. The number of unbranched alkanes of at least 4 members (excludes halogenated alkanes) is 1. The standard InChI is InChI=1S/C32H25ClFN5O2S/c1-2-3-17-41-27-15-12-22(18-26(27)33)30-23(20-38(37-30)25-7-5-4-6-8-25)19-28-31(40)39-32(42-28)35-29(36-39)16-11-21-9-13-24(34)14-10-21/h4-16,18-20H,2-3,17H2,1H3/b16-11+,28-19-. The molecule has 0 fully saturated rings. The molecule has 0 atom stereocenters. The van der Waals surface area contributed by atoms with Crippen molar-refractivity contribution in [3.63, 3.8) is 0 Å². The van der Waals surface area contributed by atoms with Crippen LogP contribution in [-0.2, 0) is 0 Å². The SMILES string of the molecule is CCCCOc1ccc(-c2nn(-c3ccccc3)cc2/C=c2\sc3nc(/C=C/c4ccc(F)cc4)nn3c2=O)cc1Cl. The third kappa shape index (κ3) is 5.88. The fourth-order valence-corrected chi connectivity index (χ4v) is 5.47. The van der Waals surface area contributed by atoms with Gasteiger partial charge in [0.25, 0.3) is 5.56 Å². The molecular weight excluding hydrogens is 573 g/mol. The molecule has 0 saturated heterocycles. The Balaban J connectivity index is 1.37. The largest absolute Gasteiger partial charge is 0.492 e. The second kappa shape index (κ2) is 12.1. The lowest BCUT2D eigenvalue weighted by Crippen LogP contribution is -2.23. The Morgan fingerprint density at radius 2 is 1.83 bits per heavy atom. The van der Waals surface area contributed by atoms with Gasteiger partial charge in [0.15, 0.2) is 5.82 Å². The van der Waals surface area contributed by atoms with Crippen LogP contribution in [0.2, 0.25) is 5.02 Å². The van der Waals surface area contributed by atoms with Crippen LogP contribution in [0.25, 0.3) is 40.1 Å². The van der Waals surface area contributed by atoms with E-state index in [0.29, 0.717) is 38.4 Å². The van der Waals surface area contributed by atoms with Gasteiger partial charge < -0.3 is 4.74 Å². The molecule has 3 aromatic carbocycles. The molecule has 0 radical (unpaired) electrons. The Morgan fingerprint density at radius 3 is 2.57 bits per heavy atom. The van der Waals surface area contributed by atoms with E-state index in [0.717, 1.165) is 35.2 Å². The van der Waals surface area contributed by atoms with Crippen LogP contribution < -0.4 is 14.8 Å². The molecule has 0 spiro atoms. The van der Waals surface area contributed by atoms with Crippen LogP contribution in [0.5, 0.6) is 5.75 Å². The number of hydrogen-bond acceptors (Lipinski definition) is 6. The highest BCUT2D eigenvalue weighted by molar-refractivity contribution is 7.15. The van der Waals surface area contributed by atoms with E-state index in [4.69, 9.17) is 21.4 Å². The molecule has 7 nitrogen and oxygen atoms in total. The van der Waals surface area contributed by atoms with Gasteiger partial charge in [0, 0.05) is 17.3 Å². The first-order valence-electron chi connectivity index (χ1n) is 13.4. The number of benzene rings is 3. The number of fused-ring (bicyclic) bond motifs is 1. The molecule has 0 bridgehead atoms. The van der Waals surface area contributed by atoms with Crippen LogP contribution in [0.4, 0.5) is 4.39 Å². The van der Waals surface area contributed by atoms with Gasteiger partial charge in [-0.15, -0.1) is 5.10 Å². The van der Waals surface area contributed by atoms with Crippen molar-refractivity contribution in [2.45, 2.75) is 19.8 Å². The van der Waals surface area contributed by atoms with Gasteiger partial charge in [0.2, 0.25) is 4.96 Å². The van der Waals surface area contributed by atoms with Crippen LogP contribution >= 0.6 is 22.9 Å². The minimum absolute atomic E-state index is 0.278. The Bertz CT molecular complexity index is 2000. The van der Waals surface area contributed by atoms with E-state index in [1.807, 2.05) is 54.7 Å². The van der Waals surface area contributed by atoms with Gasteiger partial charge in [-0.25, -0.2) is 9.07 Å². The van der Waals surface area contributed by atoms with Crippen LogP contribution in [0.15, 0.2) is 83.8 Å². The molecule has 6 aromatic rings. The first kappa shape index (κ1) is 27.6. The Labute approximate surface area is 249 Å². The van der Waals surface area contributed by atoms with Gasteiger partial charge >= 0.3 is 0 Å². The van der Waals surface area contributed by atoms with E-state index >= 15 is 0 Å². The number of aromatic nitrogens is 5. The Kier molecular flexibility index (Phi) is 7.94. The van der Waals surface area contributed by atoms with Crippen molar-refractivity contribution in [3.8, 4) is 22.7 Å². The minimum atomic E-state index is -0.304. The van der Waals surface area contributed by atoms with Crippen LogP contribution in [0.3, 0.4) is 0 Å². The van der Waals surface area contributed by atoms with Gasteiger partial charge in [0.1, 0.15) is 17.3 Å². The van der Waals surface area contributed by atoms with Crippen LogP contribution in [0, 0.1) is 5.82 Å². The number of ether oxygens (including phenoxy) is 1. The normalized spacial score (nSPS) is 12.1. The summed E-state index contributed by atoms with van der Waals surface area (Å²) < 4.78 is 22.5. The van der Waals surface area contributed by atoms with Gasteiger partial charge in [-0.3, -0.25) is 4.79 Å². The monoisotopic (exact) mass is 597 g/mol. The summed E-state index contributed by atoms with van der Waals surface area (Å²) in [6.07, 6.45) is 9.13. The fraction of sp³-hybridized carbons (Fsp3) is 0.125. The number of rotatable bonds is 9. The summed E-state index contributed by atoms with van der Waals surface area (Å²) in [5, 5.41) is 9.71. The van der Waals surface area contributed by atoms with Gasteiger partial charge in [-0.2, -0.15) is 14.6 Å². The van der Waals surface area contributed by atoms with Crippen molar-refractivity contribution < 1.29 is 9.13 Å². The molecule has 210 valence electrons. The third-order valence-corrected chi connectivity index (χ3v) is 7.76. The van der Waals surface area contributed by atoms with Crippen molar-refractivity contribution in [2.24, 2.45) is 0 Å². The van der Waals surface area contributed by atoms with Crippen LogP contribution in [0.1, 0.15) is 36.7 Å². The highest BCUT2D eigenvalue weighted by atomic mass is 35.5. The molecule has 6 rings (SSSR count). The van der Waals surface area contributed by atoms with Gasteiger partial charge in [-0.1, -0.05) is 72.7 Å². The first-order chi connectivity index (χ1) is 20.5. The average molecular weight is 598 g/mol. The number of para-hydroxylation sites is 1. The summed E-state index contributed by atoms with van der Waals surface area (Å²) in [5.74, 6) is 0.711. The summed E-state index contributed by atoms with van der Waals surface area (Å²) >= 11 is 7.83. The van der Waals surface area contributed by atoms with E-state index in [9.17, 15) is 9.18 Å². The molecule has 0 saturated carbocycles. The highest BCUT2D eigenvalue weighted by Crippen LogP contribution is 2.32. The Morgan fingerprint density at radius 1 is 1.02 bits per heavy atom. The molecule has 10 heteroatoms. The van der Waals surface area contributed by atoms with Gasteiger partial charge in [0.05, 0.1) is 21.8 Å². The fourth-order valence-electron chi connectivity index (χ4n) is 4.33. The third-order valence-electron chi connectivity index (χ3n) is 6.50. The lowest BCUT2D eigenvalue weighted by molar-refractivity contribution is 0.309. The molecule has 0 aliphatic carbocycles. The van der Waals surface area contributed by atoms with E-state index in [-0.39, 0.29) is 11.4 Å². The summed E-state index contributed by atoms with van der Waals surface area (Å²) in [6, 6.07) is 21.4. The molecular formula is C32H25ClFN5O2S. The van der Waals surface area contributed by atoms with E-state index in [1.54, 1.807) is 35.0 Å². The first-order valence-corrected chi connectivity index (χ1v) is 14.6. The maximum atomic E-state index is 13.3. The summed E-state index contributed by atoms with van der Waals surface area (Å²) in [6.45, 7) is 2.71. The van der Waals surface area contributed by atoms with E-state index < -0.39 is 0 Å². The van der Waals surface area contributed by atoms with E-state index in [2.05, 4.69) is 17.0 Å². The zero-order valence-electron chi connectivity index (χ0n) is 22.6. The smallest absolute Gasteiger partial charge is 0.291 e. The molecule has 0 aliphatic rings. The average Bonchev–Trinajstić information content (AvgIpc) is 3.69. The minimum Gasteiger partial charge on any atom is -0.492 e. The van der Waals surface area contributed by atoms with Crippen molar-refractivity contribution >= 4 is 46.1 Å². The molecule has 0 aliphatic heterocycles. The molecule has 3 aromatic heterocycles. The maximum absolute atomic E-state index is 13.3.